The van der Waals surface area contributed by atoms with Crippen LogP contribution in [0, 0.1) is 0 Å². The van der Waals surface area contributed by atoms with E-state index in [9.17, 15) is 9.59 Å². The molecular weight excluding hydrogens is 258 g/mol. The Bertz CT molecular complexity index is 501. The number of carboxylic acids is 1. The lowest BCUT2D eigenvalue weighted by atomic mass is 10.1. The molecule has 20 heavy (non-hydrogen) atoms. The van der Waals surface area contributed by atoms with Crippen molar-refractivity contribution < 1.29 is 19.4 Å². The third kappa shape index (κ3) is 3.17. The van der Waals surface area contributed by atoms with Crippen LogP contribution in [0.3, 0.4) is 0 Å². The summed E-state index contributed by atoms with van der Waals surface area (Å²) in [4.78, 5) is 23.2. The molecule has 2 atom stereocenters. The number of para-hydroxylation sites is 1. The fourth-order valence-corrected chi connectivity index (χ4v) is 2.13. The number of carbonyl (C=O) groups excluding carboxylic acids is 1. The number of rotatable bonds is 6. The van der Waals surface area contributed by atoms with Crippen molar-refractivity contribution >= 4 is 11.9 Å². The Kier molecular flexibility index (Phi) is 4.40. The number of benzene rings is 1. The first-order chi connectivity index (χ1) is 9.61. The zero-order chi connectivity index (χ0) is 14.5. The molecule has 2 N–H and O–H groups in total. The third-order valence-corrected chi connectivity index (χ3v) is 3.21. The molecule has 1 aromatic rings. The Balaban J connectivity index is 1.95. The lowest BCUT2D eigenvalue weighted by molar-refractivity contribution is -0.143. The Morgan fingerprint density at radius 3 is 2.90 bits per heavy atom. The molecule has 0 aliphatic carbocycles. The molecule has 1 aliphatic rings. The van der Waals surface area contributed by atoms with Gasteiger partial charge in [0.2, 0.25) is 0 Å². The maximum atomic E-state index is 12.1. The zero-order valence-corrected chi connectivity index (χ0v) is 11.0. The monoisotopic (exact) mass is 275 g/mol. The van der Waals surface area contributed by atoms with Gasteiger partial charge in [0.25, 0.3) is 5.91 Å². The minimum atomic E-state index is -1.05. The van der Waals surface area contributed by atoms with E-state index in [1.807, 2.05) is 18.2 Å². The predicted octanol–water partition coefficient (Wildman–Crippen LogP) is 1.53. The van der Waals surface area contributed by atoms with E-state index in [0.29, 0.717) is 25.0 Å². The van der Waals surface area contributed by atoms with E-state index in [0.717, 1.165) is 5.56 Å². The van der Waals surface area contributed by atoms with Crippen LogP contribution >= 0.6 is 0 Å². The predicted molar refractivity (Wildman–Crippen MR) is 73.6 cm³/mol. The van der Waals surface area contributed by atoms with Crippen LogP contribution in [0.4, 0.5) is 0 Å². The van der Waals surface area contributed by atoms with Gasteiger partial charge in [-0.25, -0.2) is 4.79 Å². The zero-order valence-electron chi connectivity index (χ0n) is 11.0. The van der Waals surface area contributed by atoms with E-state index in [1.54, 1.807) is 12.1 Å². The van der Waals surface area contributed by atoms with E-state index in [1.165, 1.54) is 0 Å². The van der Waals surface area contributed by atoms with Crippen LogP contribution in [0.5, 0.6) is 5.75 Å². The molecule has 5 nitrogen and oxygen atoms in total. The fourth-order valence-electron chi connectivity index (χ4n) is 2.13. The average molecular weight is 275 g/mol. The van der Waals surface area contributed by atoms with Crippen molar-refractivity contribution in [1.29, 1.82) is 0 Å². The van der Waals surface area contributed by atoms with Crippen molar-refractivity contribution in [2.75, 3.05) is 0 Å². The maximum absolute atomic E-state index is 12.1. The summed E-state index contributed by atoms with van der Waals surface area (Å²) >= 11 is 0. The number of allylic oxidation sites excluding steroid dienone is 1. The Morgan fingerprint density at radius 2 is 2.25 bits per heavy atom. The largest absolute Gasteiger partial charge is 0.480 e. The lowest BCUT2D eigenvalue weighted by Crippen LogP contribution is -2.46. The van der Waals surface area contributed by atoms with Gasteiger partial charge in [0.05, 0.1) is 0 Å². The van der Waals surface area contributed by atoms with Crippen LogP contribution in [-0.2, 0) is 16.0 Å². The normalized spacial score (nSPS) is 17.7. The van der Waals surface area contributed by atoms with E-state index in [2.05, 4.69) is 11.9 Å². The standard InChI is InChI=1S/C15H17NO4/c1-2-3-7-11(15(18)19)16-14(17)13-9-10-6-4-5-8-12(10)20-13/h2,4-6,8,11,13H,1,3,7,9H2,(H,16,17)(H,18,19). The summed E-state index contributed by atoms with van der Waals surface area (Å²) < 4.78 is 5.53. The Labute approximate surface area is 117 Å². The van der Waals surface area contributed by atoms with E-state index in [-0.39, 0.29) is 0 Å². The first kappa shape index (κ1) is 14.1. The first-order valence-corrected chi connectivity index (χ1v) is 6.50. The Hall–Kier alpha value is -2.30. The van der Waals surface area contributed by atoms with Gasteiger partial charge in [0.1, 0.15) is 11.8 Å². The molecule has 1 aliphatic heterocycles. The van der Waals surface area contributed by atoms with Crippen LogP contribution < -0.4 is 10.1 Å². The highest BCUT2D eigenvalue weighted by Gasteiger charge is 2.31. The van der Waals surface area contributed by atoms with Gasteiger partial charge < -0.3 is 15.2 Å². The van der Waals surface area contributed by atoms with Crippen molar-refractivity contribution in [2.45, 2.75) is 31.4 Å². The van der Waals surface area contributed by atoms with Gasteiger partial charge in [-0.3, -0.25) is 4.79 Å². The van der Waals surface area contributed by atoms with Crippen LogP contribution in [-0.4, -0.2) is 29.1 Å². The number of hydrogen-bond acceptors (Lipinski definition) is 3. The molecule has 2 rings (SSSR count). The van der Waals surface area contributed by atoms with Crippen molar-refractivity contribution in [2.24, 2.45) is 0 Å². The SMILES string of the molecule is C=CCCC(NC(=O)C1Cc2ccccc2O1)C(=O)O. The number of carboxylic acid groups (broad SMARTS) is 1. The van der Waals surface area contributed by atoms with Crippen molar-refractivity contribution in [3.8, 4) is 5.75 Å². The van der Waals surface area contributed by atoms with Gasteiger partial charge in [-0.1, -0.05) is 24.3 Å². The van der Waals surface area contributed by atoms with Crippen molar-refractivity contribution in [3.05, 3.63) is 42.5 Å². The molecule has 0 fully saturated rings. The van der Waals surface area contributed by atoms with Crippen molar-refractivity contribution in [1.82, 2.24) is 5.32 Å². The van der Waals surface area contributed by atoms with Crippen molar-refractivity contribution in [3.63, 3.8) is 0 Å². The quantitative estimate of drug-likeness (QED) is 0.772. The highest BCUT2D eigenvalue weighted by Crippen LogP contribution is 2.28. The summed E-state index contributed by atoms with van der Waals surface area (Å²) in [6, 6.07) is 6.51. The van der Waals surface area contributed by atoms with Gasteiger partial charge in [0.15, 0.2) is 6.10 Å². The fraction of sp³-hybridized carbons (Fsp3) is 0.333. The second-order valence-electron chi connectivity index (χ2n) is 4.68. The molecule has 0 radical (unpaired) electrons. The molecule has 0 bridgehead atoms. The summed E-state index contributed by atoms with van der Waals surface area (Å²) in [5.41, 5.74) is 0.964. The second kappa shape index (κ2) is 6.23. The van der Waals surface area contributed by atoms with Gasteiger partial charge in [-0.05, 0) is 24.5 Å². The summed E-state index contributed by atoms with van der Waals surface area (Å²) in [6.07, 6.45) is 2.30. The number of aliphatic carboxylic acids is 1. The van der Waals surface area contributed by atoms with Gasteiger partial charge in [0, 0.05) is 6.42 Å². The second-order valence-corrected chi connectivity index (χ2v) is 4.68. The maximum Gasteiger partial charge on any atom is 0.326 e. The molecular formula is C15H17NO4. The lowest BCUT2D eigenvalue weighted by Gasteiger charge is -2.16. The summed E-state index contributed by atoms with van der Waals surface area (Å²) in [5, 5.41) is 11.6. The highest BCUT2D eigenvalue weighted by atomic mass is 16.5. The summed E-state index contributed by atoms with van der Waals surface area (Å²) in [6.45, 7) is 3.55. The third-order valence-electron chi connectivity index (χ3n) is 3.21. The number of nitrogens with one attached hydrogen (secondary N) is 1. The van der Waals surface area contributed by atoms with Gasteiger partial charge >= 0.3 is 5.97 Å². The summed E-state index contributed by atoms with van der Waals surface area (Å²) in [7, 11) is 0. The molecule has 0 aromatic heterocycles. The number of amides is 1. The van der Waals surface area contributed by atoms with Crippen LogP contribution in [0.1, 0.15) is 18.4 Å². The number of carbonyl (C=O) groups is 2. The molecule has 2 unspecified atom stereocenters. The van der Waals surface area contributed by atoms with Gasteiger partial charge in [-0.15, -0.1) is 6.58 Å². The molecule has 1 heterocycles. The van der Waals surface area contributed by atoms with E-state index >= 15 is 0 Å². The van der Waals surface area contributed by atoms with E-state index < -0.39 is 24.0 Å². The topological polar surface area (TPSA) is 75.6 Å². The number of fused-ring (bicyclic) bond motifs is 1. The minimum Gasteiger partial charge on any atom is -0.480 e. The molecule has 0 spiro atoms. The molecule has 1 aromatic carbocycles. The molecule has 0 saturated carbocycles. The Morgan fingerprint density at radius 1 is 1.50 bits per heavy atom. The first-order valence-electron chi connectivity index (χ1n) is 6.50. The highest BCUT2D eigenvalue weighted by molar-refractivity contribution is 5.87. The van der Waals surface area contributed by atoms with E-state index in [4.69, 9.17) is 9.84 Å². The summed E-state index contributed by atoms with van der Waals surface area (Å²) in [5.74, 6) is -0.751. The number of hydrogen-bond donors (Lipinski definition) is 2. The minimum absolute atomic E-state index is 0.324. The molecule has 1 amide bonds. The van der Waals surface area contributed by atoms with Crippen LogP contribution in [0.25, 0.3) is 0 Å². The van der Waals surface area contributed by atoms with Crippen LogP contribution in [0.2, 0.25) is 0 Å². The van der Waals surface area contributed by atoms with Crippen LogP contribution in [0.15, 0.2) is 36.9 Å². The smallest absolute Gasteiger partial charge is 0.326 e. The number of ether oxygens (including phenoxy) is 1. The molecule has 106 valence electrons. The molecule has 5 heteroatoms. The average Bonchev–Trinajstić information content (AvgIpc) is 2.86. The van der Waals surface area contributed by atoms with Gasteiger partial charge in [-0.2, -0.15) is 0 Å². The molecule has 0 saturated heterocycles.